The van der Waals surface area contributed by atoms with Crippen LogP contribution in [-0.4, -0.2) is 66.4 Å². The zero-order valence-electron chi connectivity index (χ0n) is 9.43. The number of carbonyl (C=O) groups excluding carboxylic acids is 1. The molecule has 3 N–H and O–H groups in total. The van der Waals surface area contributed by atoms with Gasteiger partial charge in [-0.3, -0.25) is 4.90 Å². The molecular formula is C10H19N5O. The summed E-state index contributed by atoms with van der Waals surface area (Å²) >= 11 is 0. The van der Waals surface area contributed by atoms with Crippen LogP contribution in [0.5, 0.6) is 0 Å². The van der Waals surface area contributed by atoms with Gasteiger partial charge in [-0.15, -0.1) is 6.58 Å². The van der Waals surface area contributed by atoms with Crippen molar-refractivity contribution in [1.82, 2.24) is 20.2 Å². The number of fused-ring (bicyclic) bond motifs is 1. The number of hydrogen-bond donors (Lipinski definition) is 2. The van der Waals surface area contributed by atoms with Gasteiger partial charge >= 0.3 is 6.03 Å². The molecule has 2 fully saturated rings. The molecule has 2 heterocycles. The van der Waals surface area contributed by atoms with Gasteiger partial charge in [-0.2, -0.15) is 0 Å². The van der Waals surface area contributed by atoms with Gasteiger partial charge in [-0.1, -0.05) is 6.08 Å². The lowest BCUT2D eigenvalue weighted by Crippen LogP contribution is -2.70. The fraction of sp³-hybridized carbons (Fsp3) is 0.700. The van der Waals surface area contributed by atoms with Crippen LogP contribution >= 0.6 is 0 Å². The van der Waals surface area contributed by atoms with Crippen LogP contribution in [0.1, 0.15) is 0 Å². The van der Waals surface area contributed by atoms with Gasteiger partial charge in [0.25, 0.3) is 0 Å². The van der Waals surface area contributed by atoms with Crippen LogP contribution < -0.4 is 11.1 Å². The van der Waals surface area contributed by atoms with Gasteiger partial charge in [0.05, 0.1) is 0 Å². The van der Waals surface area contributed by atoms with E-state index in [9.17, 15) is 4.79 Å². The first-order valence-corrected chi connectivity index (χ1v) is 5.63. The SMILES string of the molecule is C=CCN1CCN2CCNCC2N1C(N)=O. The van der Waals surface area contributed by atoms with Crippen molar-refractivity contribution < 1.29 is 4.79 Å². The van der Waals surface area contributed by atoms with Crippen LogP contribution in [0.25, 0.3) is 0 Å². The first kappa shape index (κ1) is 11.4. The summed E-state index contributed by atoms with van der Waals surface area (Å²) < 4.78 is 0. The maximum absolute atomic E-state index is 11.5. The van der Waals surface area contributed by atoms with Crippen LogP contribution in [0.4, 0.5) is 4.79 Å². The Morgan fingerprint density at radius 3 is 3.00 bits per heavy atom. The Morgan fingerprint density at radius 2 is 2.31 bits per heavy atom. The normalized spacial score (nSPS) is 27.5. The highest BCUT2D eigenvalue weighted by Crippen LogP contribution is 2.17. The third-order valence-corrected chi connectivity index (χ3v) is 3.12. The number of rotatable bonds is 2. The number of primary amides is 1. The zero-order chi connectivity index (χ0) is 11.5. The van der Waals surface area contributed by atoms with Gasteiger partial charge in [0.1, 0.15) is 6.17 Å². The Kier molecular flexibility index (Phi) is 3.42. The topological polar surface area (TPSA) is 64.8 Å². The smallest absolute Gasteiger partial charge is 0.330 e. The number of nitrogens with one attached hydrogen (secondary N) is 1. The van der Waals surface area contributed by atoms with Crippen molar-refractivity contribution >= 4 is 6.03 Å². The molecule has 90 valence electrons. The van der Waals surface area contributed by atoms with Gasteiger partial charge in [0.15, 0.2) is 0 Å². The molecule has 2 aliphatic heterocycles. The number of carbonyl (C=O) groups is 1. The second kappa shape index (κ2) is 4.82. The largest absolute Gasteiger partial charge is 0.350 e. The number of nitrogens with zero attached hydrogens (tertiary/aromatic N) is 3. The van der Waals surface area contributed by atoms with Gasteiger partial charge < -0.3 is 11.1 Å². The Labute approximate surface area is 95.6 Å². The number of piperazine rings is 1. The third kappa shape index (κ3) is 2.04. The number of nitrogens with two attached hydrogens (primary N) is 1. The summed E-state index contributed by atoms with van der Waals surface area (Å²) in [6.07, 6.45) is 1.85. The molecule has 6 nitrogen and oxygen atoms in total. The molecule has 6 heteroatoms. The molecule has 2 rings (SSSR count). The molecule has 0 radical (unpaired) electrons. The monoisotopic (exact) mass is 225 g/mol. The van der Waals surface area contributed by atoms with E-state index in [2.05, 4.69) is 16.8 Å². The molecule has 16 heavy (non-hydrogen) atoms. The molecule has 0 aliphatic carbocycles. The van der Waals surface area contributed by atoms with Crippen LogP contribution in [0.15, 0.2) is 12.7 Å². The fourth-order valence-corrected chi connectivity index (χ4v) is 2.39. The van der Waals surface area contributed by atoms with E-state index in [4.69, 9.17) is 5.73 Å². The van der Waals surface area contributed by atoms with Crippen molar-refractivity contribution in [3.05, 3.63) is 12.7 Å². The molecule has 0 aromatic carbocycles. The Morgan fingerprint density at radius 1 is 1.50 bits per heavy atom. The van der Waals surface area contributed by atoms with Crippen molar-refractivity contribution in [2.45, 2.75) is 6.17 Å². The van der Waals surface area contributed by atoms with Crippen LogP contribution in [0, 0.1) is 0 Å². The third-order valence-electron chi connectivity index (χ3n) is 3.12. The van der Waals surface area contributed by atoms with Gasteiger partial charge in [-0.25, -0.2) is 14.8 Å². The lowest BCUT2D eigenvalue weighted by atomic mass is 10.2. The van der Waals surface area contributed by atoms with Crippen molar-refractivity contribution in [1.29, 1.82) is 0 Å². The lowest BCUT2D eigenvalue weighted by Gasteiger charge is -2.50. The molecule has 0 spiro atoms. The summed E-state index contributed by atoms with van der Waals surface area (Å²) in [7, 11) is 0. The predicted molar refractivity (Wildman–Crippen MR) is 61.4 cm³/mol. The minimum absolute atomic E-state index is 0.0555. The molecular weight excluding hydrogens is 206 g/mol. The average molecular weight is 225 g/mol. The van der Waals surface area contributed by atoms with Crippen molar-refractivity contribution in [3.63, 3.8) is 0 Å². The molecule has 0 aromatic rings. The highest BCUT2D eigenvalue weighted by Gasteiger charge is 2.37. The summed E-state index contributed by atoms with van der Waals surface area (Å²) in [5, 5.41) is 6.90. The minimum Gasteiger partial charge on any atom is -0.350 e. The molecule has 2 amide bonds. The second-order valence-electron chi connectivity index (χ2n) is 4.10. The first-order chi connectivity index (χ1) is 7.74. The Bertz CT molecular complexity index is 282. The van der Waals surface area contributed by atoms with E-state index in [-0.39, 0.29) is 12.2 Å². The molecule has 0 aromatic heterocycles. The molecule has 2 aliphatic rings. The van der Waals surface area contributed by atoms with Crippen LogP contribution in [0.2, 0.25) is 0 Å². The zero-order valence-corrected chi connectivity index (χ0v) is 9.43. The van der Waals surface area contributed by atoms with E-state index in [1.807, 2.05) is 5.01 Å². The minimum atomic E-state index is -0.389. The quantitative estimate of drug-likeness (QED) is 0.593. The summed E-state index contributed by atoms with van der Waals surface area (Å²) in [6.45, 7) is 8.88. The maximum atomic E-state index is 11.5. The van der Waals surface area contributed by atoms with Crippen LogP contribution in [0.3, 0.4) is 0 Å². The maximum Gasteiger partial charge on any atom is 0.330 e. The van der Waals surface area contributed by atoms with Gasteiger partial charge in [-0.05, 0) is 0 Å². The number of urea groups is 1. The van der Waals surface area contributed by atoms with Crippen molar-refractivity contribution in [3.8, 4) is 0 Å². The summed E-state index contributed by atoms with van der Waals surface area (Å²) in [5.74, 6) is 0. The van der Waals surface area contributed by atoms with Gasteiger partial charge in [0.2, 0.25) is 0 Å². The number of hydrogen-bond acceptors (Lipinski definition) is 4. The standard InChI is InChI=1S/C10H19N5O/c1-2-4-14-7-6-13-5-3-12-8-9(13)15(14)10(11)16/h2,9,12H,1,3-8H2,(H2,11,16). The number of amides is 2. The average Bonchev–Trinajstić information content (AvgIpc) is 2.28. The van der Waals surface area contributed by atoms with Crippen LogP contribution in [-0.2, 0) is 0 Å². The second-order valence-corrected chi connectivity index (χ2v) is 4.10. The van der Waals surface area contributed by atoms with Crippen molar-refractivity contribution in [2.75, 3.05) is 39.3 Å². The number of hydrazine groups is 1. The van der Waals surface area contributed by atoms with E-state index in [0.717, 1.165) is 32.7 Å². The molecule has 0 saturated carbocycles. The first-order valence-electron chi connectivity index (χ1n) is 5.63. The van der Waals surface area contributed by atoms with Gasteiger partial charge in [0, 0.05) is 39.3 Å². The summed E-state index contributed by atoms with van der Waals surface area (Å²) in [5.41, 5.74) is 5.45. The van der Waals surface area contributed by atoms with Crippen molar-refractivity contribution in [2.24, 2.45) is 5.73 Å². The van der Waals surface area contributed by atoms with E-state index in [1.54, 1.807) is 11.1 Å². The summed E-state index contributed by atoms with van der Waals surface area (Å²) in [4.78, 5) is 13.8. The Hall–Kier alpha value is -1.11. The fourth-order valence-electron chi connectivity index (χ4n) is 2.39. The highest BCUT2D eigenvalue weighted by atomic mass is 16.2. The predicted octanol–water partition coefficient (Wildman–Crippen LogP) is -0.985. The van der Waals surface area contributed by atoms with E-state index in [0.29, 0.717) is 6.54 Å². The molecule has 0 bridgehead atoms. The van der Waals surface area contributed by atoms with E-state index < -0.39 is 0 Å². The molecule has 2 saturated heterocycles. The molecule has 1 atom stereocenters. The van der Waals surface area contributed by atoms with E-state index >= 15 is 0 Å². The lowest BCUT2D eigenvalue weighted by molar-refractivity contribution is -0.117. The Balaban J connectivity index is 2.13. The molecule has 1 unspecified atom stereocenters. The summed E-state index contributed by atoms with van der Waals surface area (Å²) in [6, 6.07) is -0.389. The van der Waals surface area contributed by atoms with E-state index in [1.165, 1.54) is 0 Å². The highest BCUT2D eigenvalue weighted by molar-refractivity contribution is 5.72.